The van der Waals surface area contributed by atoms with Gasteiger partial charge >= 0.3 is 0 Å². The van der Waals surface area contributed by atoms with Gasteiger partial charge in [-0.1, -0.05) is 32.8 Å². The van der Waals surface area contributed by atoms with Gasteiger partial charge in [-0.2, -0.15) is 5.26 Å². The number of nitrogens with one attached hydrogen (secondary N) is 1. The summed E-state index contributed by atoms with van der Waals surface area (Å²) in [6.45, 7) is 6.09. The molecule has 1 N–H and O–H groups in total. The summed E-state index contributed by atoms with van der Waals surface area (Å²) in [5.41, 5.74) is -0.0181. The molecule has 3 nitrogen and oxygen atoms in total. The second-order valence-corrected chi connectivity index (χ2v) is 2.91. The van der Waals surface area contributed by atoms with Crippen molar-refractivity contribution in [1.82, 2.24) is 5.32 Å². The molecule has 0 fully saturated rings. The third-order valence-electron chi connectivity index (χ3n) is 1.72. The molecule has 3 heteroatoms. The Kier molecular flexibility index (Phi) is 6.62. The predicted molar refractivity (Wildman–Crippen MR) is 51.9 cm³/mol. The Morgan fingerprint density at radius 2 is 2.15 bits per heavy atom. The monoisotopic (exact) mass is 180 g/mol. The molecule has 0 aromatic carbocycles. The van der Waals surface area contributed by atoms with Crippen LogP contribution in [-0.4, -0.2) is 12.5 Å². The highest BCUT2D eigenvalue weighted by Crippen LogP contribution is 1.97. The van der Waals surface area contributed by atoms with E-state index >= 15 is 0 Å². The number of carbonyl (C=O) groups excluding carboxylic acids is 1. The highest BCUT2D eigenvalue weighted by atomic mass is 16.1. The van der Waals surface area contributed by atoms with Gasteiger partial charge in [0.05, 0.1) is 0 Å². The van der Waals surface area contributed by atoms with Gasteiger partial charge in [-0.3, -0.25) is 4.79 Å². The molecule has 0 heterocycles. The molecule has 0 bridgehead atoms. The summed E-state index contributed by atoms with van der Waals surface area (Å²) >= 11 is 0. The molecule has 0 aromatic rings. The highest BCUT2D eigenvalue weighted by molar-refractivity contribution is 5.96. The van der Waals surface area contributed by atoms with Gasteiger partial charge in [0.2, 0.25) is 0 Å². The Hall–Kier alpha value is -1.30. The van der Waals surface area contributed by atoms with Crippen molar-refractivity contribution < 1.29 is 4.79 Å². The zero-order valence-corrected chi connectivity index (χ0v) is 8.10. The number of nitrogens with zero attached hydrogens (tertiary/aromatic N) is 1. The van der Waals surface area contributed by atoms with Crippen LogP contribution in [0.25, 0.3) is 0 Å². The molecule has 0 aliphatic rings. The van der Waals surface area contributed by atoms with Crippen molar-refractivity contribution in [3.05, 3.63) is 12.2 Å². The summed E-state index contributed by atoms with van der Waals surface area (Å²) in [5.74, 6) is -0.348. The number of rotatable bonds is 6. The van der Waals surface area contributed by atoms with Gasteiger partial charge in [-0.15, -0.1) is 0 Å². The van der Waals surface area contributed by atoms with E-state index in [2.05, 4.69) is 18.8 Å². The summed E-state index contributed by atoms with van der Waals surface area (Å²) in [5, 5.41) is 11.0. The second kappa shape index (κ2) is 7.35. The van der Waals surface area contributed by atoms with Crippen LogP contribution in [0, 0.1) is 11.3 Å². The molecule has 0 aliphatic heterocycles. The van der Waals surface area contributed by atoms with Crippen LogP contribution in [0.15, 0.2) is 12.2 Å². The highest BCUT2D eigenvalue weighted by Gasteiger charge is 2.03. The molecule has 13 heavy (non-hydrogen) atoms. The minimum absolute atomic E-state index is 0.0181. The van der Waals surface area contributed by atoms with Gasteiger partial charge in [0, 0.05) is 6.54 Å². The molecule has 1 amide bonds. The van der Waals surface area contributed by atoms with Gasteiger partial charge in [0.25, 0.3) is 5.91 Å². The van der Waals surface area contributed by atoms with E-state index in [0.717, 1.165) is 12.8 Å². The van der Waals surface area contributed by atoms with Gasteiger partial charge in [0.15, 0.2) is 0 Å². The fraction of sp³-hybridized carbons (Fsp3) is 0.600. The minimum Gasteiger partial charge on any atom is -0.351 e. The number of unbranched alkanes of at least 4 members (excludes halogenated alkanes) is 3. The Labute approximate surface area is 79.4 Å². The van der Waals surface area contributed by atoms with Crippen LogP contribution in [0.1, 0.15) is 32.6 Å². The maximum Gasteiger partial charge on any atom is 0.261 e. The minimum atomic E-state index is -0.348. The average Bonchev–Trinajstić information content (AvgIpc) is 2.16. The normalized spacial score (nSPS) is 8.92. The van der Waals surface area contributed by atoms with Crippen molar-refractivity contribution in [3.63, 3.8) is 0 Å². The number of nitriles is 1. The van der Waals surface area contributed by atoms with E-state index in [9.17, 15) is 4.79 Å². The van der Waals surface area contributed by atoms with Crippen LogP contribution in [0.4, 0.5) is 0 Å². The fourth-order valence-corrected chi connectivity index (χ4v) is 0.911. The molecule has 0 radical (unpaired) electrons. The van der Waals surface area contributed by atoms with Crippen LogP contribution >= 0.6 is 0 Å². The molecule has 72 valence electrons. The molecule has 0 atom stereocenters. The van der Waals surface area contributed by atoms with E-state index in [1.807, 2.05) is 0 Å². The van der Waals surface area contributed by atoms with Gasteiger partial charge in [0.1, 0.15) is 11.6 Å². The summed E-state index contributed by atoms with van der Waals surface area (Å²) in [6.07, 6.45) is 4.46. The third-order valence-corrected chi connectivity index (χ3v) is 1.72. The lowest BCUT2D eigenvalue weighted by Gasteiger charge is -2.02. The smallest absolute Gasteiger partial charge is 0.261 e. The second-order valence-electron chi connectivity index (χ2n) is 2.91. The lowest BCUT2D eigenvalue weighted by molar-refractivity contribution is -0.117. The number of hydrogen-bond acceptors (Lipinski definition) is 2. The molecule has 0 aromatic heterocycles. The molecule has 0 spiro atoms. The first-order valence-corrected chi connectivity index (χ1v) is 4.59. The number of hydrogen-bond donors (Lipinski definition) is 1. The zero-order valence-electron chi connectivity index (χ0n) is 8.10. The number of carbonyl (C=O) groups is 1. The van der Waals surface area contributed by atoms with Crippen molar-refractivity contribution in [2.75, 3.05) is 6.54 Å². The summed E-state index contributed by atoms with van der Waals surface area (Å²) < 4.78 is 0. The Morgan fingerprint density at radius 3 is 2.69 bits per heavy atom. The Bertz CT molecular complexity index is 215. The lowest BCUT2D eigenvalue weighted by atomic mass is 10.2. The topological polar surface area (TPSA) is 52.9 Å². The first kappa shape index (κ1) is 11.7. The van der Waals surface area contributed by atoms with E-state index in [1.165, 1.54) is 12.8 Å². The van der Waals surface area contributed by atoms with Gasteiger partial charge < -0.3 is 5.32 Å². The van der Waals surface area contributed by atoms with E-state index in [1.54, 1.807) is 6.07 Å². The number of amides is 1. The Balaban J connectivity index is 3.39. The third kappa shape index (κ3) is 5.92. The largest absolute Gasteiger partial charge is 0.351 e. The Morgan fingerprint density at radius 1 is 1.46 bits per heavy atom. The van der Waals surface area contributed by atoms with E-state index in [-0.39, 0.29) is 11.5 Å². The molecule has 0 saturated heterocycles. The molecule has 0 unspecified atom stereocenters. The fourth-order valence-electron chi connectivity index (χ4n) is 0.911. The van der Waals surface area contributed by atoms with Crippen molar-refractivity contribution in [2.24, 2.45) is 0 Å². The van der Waals surface area contributed by atoms with Gasteiger partial charge in [-0.05, 0) is 6.42 Å². The van der Waals surface area contributed by atoms with Crippen molar-refractivity contribution in [3.8, 4) is 6.07 Å². The molecule has 0 aliphatic carbocycles. The maximum absolute atomic E-state index is 11.0. The van der Waals surface area contributed by atoms with E-state index < -0.39 is 0 Å². The first-order valence-electron chi connectivity index (χ1n) is 4.59. The zero-order chi connectivity index (χ0) is 10.1. The molecular weight excluding hydrogens is 164 g/mol. The summed E-state index contributed by atoms with van der Waals surface area (Å²) in [4.78, 5) is 11.0. The average molecular weight is 180 g/mol. The van der Waals surface area contributed by atoms with Crippen molar-refractivity contribution in [2.45, 2.75) is 32.6 Å². The first-order chi connectivity index (χ1) is 6.22. The van der Waals surface area contributed by atoms with Crippen molar-refractivity contribution >= 4 is 5.91 Å². The summed E-state index contributed by atoms with van der Waals surface area (Å²) in [7, 11) is 0. The van der Waals surface area contributed by atoms with Crippen LogP contribution in [0.5, 0.6) is 0 Å². The van der Waals surface area contributed by atoms with E-state index in [0.29, 0.717) is 6.54 Å². The van der Waals surface area contributed by atoms with Crippen LogP contribution in [0.3, 0.4) is 0 Å². The van der Waals surface area contributed by atoms with Gasteiger partial charge in [-0.25, -0.2) is 0 Å². The SMILES string of the molecule is C=C(C#N)C(=O)NCCCCCC. The quantitative estimate of drug-likeness (QED) is 0.384. The molecule has 0 saturated carbocycles. The standard InChI is InChI=1S/C10H16N2O/c1-3-4-5-6-7-12-10(13)9(2)8-11/h2-7H2,1H3,(H,12,13). The van der Waals surface area contributed by atoms with E-state index in [4.69, 9.17) is 5.26 Å². The van der Waals surface area contributed by atoms with Crippen LogP contribution in [-0.2, 0) is 4.79 Å². The predicted octanol–water partition coefficient (Wildman–Crippen LogP) is 1.76. The lowest BCUT2D eigenvalue weighted by Crippen LogP contribution is -2.25. The summed E-state index contributed by atoms with van der Waals surface area (Å²) in [6, 6.07) is 1.71. The molecule has 0 rings (SSSR count). The molecular formula is C10H16N2O. The van der Waals surface area contributed by atoms with Crippen molar-refractivity contribution in [1.29, 1.82) is 5.26 Å². The maximum atomic E-state index is 11.0. The van der Waals surface area contributed by atoms with Crippen LogP contribution in [0.2, 0.25) is 0 Å². The van der Waals surface area contributed by atoms with Crippen LogP contribution < -0.4 is 5.32 Å².